The average molecular weight is 531 g/mol. The molecule has 0 radical (unpaired) electrons. The second kappa shape index (κ2) is 8.59. The molecule has 0 saturated carbocycles. The maximum absolute atomic E-state index is 7.42. The topological polar surface area (TPSA) is 18.5 Å². The Balaban J connectivity index is 1.43. The van der Waals surface area contributed by atoms with Crippen molar-refractivity contribution in [3.05, 3.63) is 149 Å². The maximum Gasteiger partial charge on any atom is 0.178 e. The van der Waals surface area contributed by atoms with Gasteiger partial charge in [0.05, 0.1) is 7.11 Å². The summed E-state index contributed by atoms with van der Waals surface area (Å²) in [5, 5.41) is 4.77. The van der Waals surface area contributed by atoms with Gasteiger partial charge in [0, 0.05) is 27.5 Å². The van der Waals surface area contributed by atoms with Gasteiger partial charge < -0.3 is 9.47 Å². The summed E-state index contributed by atoms with van der Waals surface area (Å²) in [5.41, 5.74) is 7.71. The van der Waals surface area contributed by atoms with Crippen LogP contribution in [0.25, 0.3) is 38.7 Å². The molecule has 2 nitrogen and oxygen atoms in total. The zero-order valence-corrected chi connectivity index (χ0v) is 23.4. The van der Waals surface area contributed by atoms with Crippen molar-refractivity contribution in [3.8, 4) is 22.6 Å². The summed E-state index contributed by atoms with van der Waals surface area (Å²) in [4.78, 5) is 0. The van der Waals surface area contributed by atoms with Gasteiger partial charge in [-0.1, -0.05) is 117 Å². The highest BCUT2D eigenvalue weighted by Crippen LogP contribution is 2.58. The van der Waals surface area contributed by atoms with Crippen LogP contribution in [0.2, 0.25) is 0 Å². The summed E-state index contributed by atoms with van der Waals surface area (Å²) in [6.07, 6.45) is 4.58. The molecule has 1 atom stereocenters. The van der Waals surface area contributed by atoms with Crippen LogP contribution in [0.4, 0.5) is 0 Å². The van der Waals surface area contributed by atoms with Gasteiger partial charge >= 0.3 is 0 Å². The minimum absolute atomic E-state index is 0.156. The van der Waals surface area contributed by atoms with Crippen molar-refractivity contribution in [1.29, 1.82) is 0 Å². The SMILES string of the molecule is COc1ccc(C2(c3ccc4ccccc4c3)C=Cc3c4c(c5ccccc5c3O2)-c2ccccc2C4(C)C)cc1. The van der Waals surface area contributed by atoms with Crippen molar-refractivity contribution in [2.24, 2.45) is 0 Å². The number of rotatable bonds is 3. The van der Waals surface area contributed by atoms with E-state index in [-0.39, 0.29) is 5.41 Å². The average Bonchev–Trinajstić information content (AvgIpc) is 3.27. The van der Waals surface area contributed by atoms with Gasteiger partial charge in [0.2, 0.25) is 0 Å². The lowest BCUT2D eigenvalue weighted by Gasteiger charge is -2.38. The van der Waals surface area contributed by atoms with Crippen LogP contribution in [0.5, 0.6) is 11.5 Å². The van der Waals surface area contributed by atoms with Gasteiger partial charge in [-0.25, -0.2) is 0 Å². The van der Waals surface area contributed by atoms with E-state index in [4.69, 9.17) is 9.47 Å². The number of hydrogen-bond donors (Lipinski definition) is 0. The highest BCUT2D eigenvalue weighted by molar-refractivity contribution is 6.08. The monoisotopic (exact) mass is 530 g/mol. The van der Waals surface area contributed by atoms with E-state index in [1.165, 1.54) is 44.0 Å². The molecule has 1 aliphatic carbocycles. The minimum Gasteiger partial charge on any atom is -0.497 e. The smallest absolute Gasteiger partial charge is 0.178 e. The zero-order chi connectivity index (χ0) is 27.8. The molecule has 0 amide bonds. The summed E-state index contributed by atoms with van der Waals surface area (Å²) >= 11 is 0. The first kappa shape index (κ1) is 24.0. The molecular formula is C39H30O2. The standard InChI is InChI=1S/C39H30O2/c1-38(2)34-15-9-8-14-32(34)35-30-12-6-7-13-31(30)37-33(36(35)38)22-23-39(41-37,27-18-20-29(40-3)21-19-27)28-17-16-25-10-4-5-11-26(25)24-28/h4-24H,1-3H3. The summed E-state index contributed by atoms with van der Waals surface area (Å²) in [7, 11) is 1.70. The molecule has 2 aliphatic rings. The van der Waals surface area contributed by atoms with E-state index in [2.05, 4.69) is 129 Å². The number of hydrogen-bond acceptors (Lipinski definition) is 2. The molecule has 6 aromatic carbocycles. The van der Waals surface area contributed by atoms with Gasteiger partial charge in [-0.3, -0.25) is 0 Å². The van der Waals surface area contributed by atoms with E-state index in [0.717, 1.165) is 28.0 Å². The molecule has 0 spiro atoms. The van der Waals surface area contributed by atoms with E-state index in [1.807, 2.05) is 12.1 Å². The Hall–Kier alpha value is -4.82. The van der Waals surface area contributed by atoms with Gasteiger partial charge in [-0.15, -0.1) is 0 Å². The normalized spacial score (nSPS) is 18.0. The Kier molecular flexibility index (Phi) is 5.03. The van der Waals surface area contributed by atoms with Crippen molar-refractivity contribution >= 4 is 27.6 Å². The minimum atomic E-state index is -0.810. The van der Waals surface area contributed by atoms with Crippen molar-refractivity contribution in [2.75, 3.05) is 7.11 Å². The lowest BCUT2D eigenvalue weighted by Crippen LogP contribution is -2.35. The molecule has 2 heteroatoms. The summed E-state index contributed by atoms with van der Waals surface area (Å²) < 4.78 is 12.9. The van der Waals surface area contributed by atoms with Gasteiger partial charge in [0.15, 0.2) is 5.60 Å². The molecule has 6 aromatic rings. The molecule has 0 fully saturated rings. The third-order valence-corrected chi connectivity index (χ3v) is 9.14. The van der Waals surface area contributed by atoms with Crippen LogP contribution in [-0.2, 0) is 11.0 Å². The first-order valence-electron chi connectivity index (χ1n) is 14.2. The molecule has 0 aromatic heterocycles. The Morgan fingerprint density at radius 2 is 1.34 bits per heavy atom. The van der Waals surface area contributed by atoms with E-state index in [9.17, 15) is 0 Å². The summed E-state index contributed by atoms with van der Waals surface area (Å²) in [6.45, 7) is 4.68. The Morgan fingerprint density at radius 1 is 0.659 bits per heavy atom. The van der Waals surface area contributed by atoms with Crippen molar-refractivity contribution < 1.29 is 9.47 Å². The van der Waals surface area contributed by atoms with E-state index in [0.29, 0.717) is 0 Å². The highest BCUT2D eigenvalue weighted by Gasteiger charge is 2.44. The molecule has 1 unspecified atom stereocenters. The third kappa shape index (κ3) is 3.31. The van der Waals surface area contributed by atoms with Gasteiger partial charge in [0.25, 0.3) is 0 Å². The Morgan fingerprint density at radius 3 is 2.15 bits per heavy atom. The fraction of sp³-hybridized carbons (Fsp3) is 0.128. The molecule has 0 bridgehead atoms. The molecule has 1 aliphatic heterocycles. The molecule has 8 rings (SSSR count). The number of benzene rings is 6. The van der Waals surface area contributed by atoms with Gasteiger partial charge in [-0.2, -0.15) is 0 Å². The largest absolute Gasteiger partial charge is 0.497 e. The van der Waals surface area contributed by atoms with Crippen LogP contribution in [-0.4, -0.2) is 7.11 Å². The van der Waals surface area contributed by atoms with Gasteiger partial charge in [0.1, 0.15) is 11.5 Å². The van der Waals surface area contributed by atoms with E-state index in [1.54, 1.807) is 7.11 Å². The number of fused-ring (bicyclic) bond motifs is 9. The quantitative estimate of drug-likeness (QED) is 0.227. The van der Waals surface area contributed by atoms with Crippen LogP contribution in [0, 0.1) is 0 Å². The van der Waals surface area contributed by atoms with Crippen molar-refractivity contribution in [3.63, 3.8) is 0 Å². The molecular weight excluding hydrogens is 500 g/mol. The number of methoxy groups -OCH3 is 1. The van der Waals surface area contributed by atoms with Crippen molar-refractivity contribution in [2.45, 2.75) is 24.9 Å². The second-order valence-corrected chi connectivity index (χ2v) is 11.7. The van der Waals surface area contributed by atoms with Gasteiger partial charge in [-0.05, 0) is 62.7 Å². The summed E-state index contributed by atoms with van der Waals surface area (Å²) in [6, 6.07) is 41.0. The fourth-order valence-electron chi connectivity index (χ4n) is 7.14. The van der Waals surface area contributed by atoms with E-state index >= 15 is 0 Å². The third-order valence-electron chi connectivity index (χ3n) is 9.14. The number of ether oxygens (including phenoxy) is 2. The van der Waals surface area contributed by atoms with Crippen LogP contribution in [0.15, 0.2) is 121 Å². The lowest BCUT2D eigenvalue weighted by atomic mass is 9.76. The fourth-order valence-corrected chi connectivity index (χ4v) is 7.14. The Bertz CT molecular complexity index is 2030. The predicted molar refractivity (Wildman–Crippen MR) is 169 cm³/mol. The lowest BCUT2D eigenvalue weighted by molar-refractivity contribution is 0.163. The first-order chi connectivity index (χ1) is 20.0. The molecule has 198 valence electrons. The summed E-state index contributed by atoms with van der Waals surface area (Å²) in [5.74, 6) is 1.76. The van der Waals surface area contributed by atoms with E-state index < -0.39 is 5.60 Å². The molecule has 0 saturated heterocycles. The van der Waals surface area contributed by atoms with Crippen LogP contribution < -0.4 is 9.47 Å². The molecule has 41 heavy (non-hydrogen) atoms. The zero-order valence-electron chi connectivity index (χ0n) is 23.4. The van der Waals surface area contributed by atoms with Crippen molar-refractivity contribution in [1.82, 2.24) is 0 Å². The molecule has 1 heterocycles. The Labute approximate surface area is 240 Å². The first-order valence-corrected chi connectivity index (χ1v) is 14.2. The predicted octanol–water partition coefficient (Wildman–Crippen LogP) is 9.66. The highest BCUT2D eigenvalue weighted by atomic mass is 16.5. The maximum atomic E-state index is 7.42. The van der Waals surface area contributed by atoms with Crippen LogP contribution in [0.3, 0.4) is 0 Å². The van der Waals surface area contributed by atoms with Crippen LogP contribution in [0.1, 0.15) is 41.7 Å². The second-order valence-electron chi connectivity index (χ2n) is 11.7. The molecule has 0 N–H and O–H groups in total. The van der Waals surface area contributed by atoms with Crippen LogP contribution >= 0.6 is 0 Å².